The monoisotopic (exact) mass is 359 g/mol. The number of carbonyl (C=O) groups is 1. The number of hydrogen-bond donors (Lipinski definition) is 2. The number of aromatic amines is 1. The molecule has 0 bridgehead atoms. The van der Waals surface area contributed by atoms with E-state index in [1.807, 2.05) is 12.1 Å². The number of H-pyrrole nitrogens is 1. The van der Waals surface area contributed by atoms with Crippen LogP contribution in [0.25, 0.3) is 10.9 Å². The number of halogens is 2. The van der Waals surface area contributed by atoms with Crippen molar-refractivity contribution in [2.75, 3.05) is 11.9 Å². The van der Waals surface area contributed by atoms with E-state index in [-0.39, 0.29) is 6.03 Å². The van der Waals surface area contributed by atoms with Crippen molar-refractivity contribution < 1.29 is 4.79 Å². The summed E-state index contributed by atoms with van der Waals surface area (Å²) in [6.45, 7) is 1.23. The highest BCUT2D eigenvalue weighted by Gasteiger charge is 2.24. The van der Waals surface area contributed by atoms with Gasteiger partial charge in [-0.05, 0) is 18.2 Å². The van der Waals surface area contributed by atoms with E-state index in [1.54, 1.807) is 23.1 Å². The molecule has 0 fully saturated rings. The summed E-state index contributed by atoms with van der Waals surface area (Å²) in [5, 5.41) is 4.81. The van der Waals surface area contributed by atoms with E-state index in [1.165, 1.54) is 16.6 Å². The smallest absolute Gasteiger partial charge is 0.322 e. The summed E-state index contributed by atoms with van der Waals surface area (Å²) in [4.78, 5) is 17.8. The molecule has 0 radical (unpaired) electrons. The molecule has 0 saturated heterocycles. The molecular formula is C18H15Cl2N3O. The molecule has 122 valence electrons. The number of rotatable bonds is 1. The second-order valence-electron chi connectivity index (χ2n) is 5.83. The number of hydrogen-bond acceptors (Lipinski definition) is 1. The number of benzene rings is 2. The van der Waals surface area contributed by atoms with Crippen LogP contribution in [0.3, 0.4) is 0 Å². The van der Waals surface area contributed by atoms with Crippen LogP contribution in [0.1, 0.15) is 11.3 Å². The number of carbonyl (C=O) groups excluding carboxylic acids is 1. The van der Waals surface area contributed by atoms with Crippen molar-refractivity contribution in [2.24, 2.45) is 0 Å². The van der Waals surface area contributed by atoms with Gasteiger partial charge in [0, 0.05) is 41.7 Å². The molecule has 24 heavy (non-hydrogen) atoms. The molecule has 0 spiro atoms. The summed E-state index contributed by atoms with van der Waals surface area (Å²) in [5.74, 6) is 0. The summed E-state index contributed by atoms with van der Waals surface area (Å²) in [6, 6.07) is 13.2. The second-order valence-corrected chi connectivity index (χ2v) is 6.62. The SMILES string of the molecule is O=C(Nc1cccc(Cl)c1Cl)N1CCc2[nH]c3ccccc3c2C1. The van der Waals surface area contributed by atoms with Gasteiger partial charge in [-0.3, -0.25) is 0 Å². The van der Waals surface area contributed by atoms with E-state index < -0.39 is 0 Å². The summed E-state index contributed by atoms with van der Waals surface area (Å²) < 4.78 is 0. The van der Waals surface area contributed by atoms with Crippen LogP contribution in [0, 0.1) is 0 Å². The van der Waals surface area contributed by atoms with Crippen molar-refractivity contribution in [1.29, 1.82) is 0 Å². The molecule has 2 heterocycles. The average molecular weight is 360 g/mol. The first-order valence-corrected chi connectivity index (χ1v) is 8.47. The van der Waals surface area contributed by atoms with Gasteiger partial charge in [0.2, 0.25) is 0 Å². The van der Waals surface area contributed by atoms with Crippen molar-refractivity contribution in [3.05, 3.63) is 63.8 Å². The maximum absolute atomic E-state index is 12.6. The van der Waals surface area contributed by atoms with Gasteiger partial charge in [-0.25, -0.2) is 4.79 Å². The zero-order chi connectivity index (χ0) is 16.7. The molecule has 0 aliphatic carbocycles. The number of anilines is 1. The topological polar surface area (TPSA) is 48.1 Å². The van der Waals surface area contributed by atoms with Gasteiger partial charge in [0.25, 0.3) is 0 Å². The van der Waals surface area contributed by atoms with Gasteiger partial charge in [-0.1, -0.05) is 47.5 Å². The molecule has 4 rings (SSSR count). The first kappa shape index (κ1) is 15.4. The lowest BCUT2D eigenvalue weighted by Gasteiger charge is -2.27. The van der Waals surface area contributed by atoms with Gasteiger partial charge >= 0.3 is 6.03 Å². The predicted molar refractivity (Wildman–Crippen MR) is 97.9 cm³/mol. The lowest BCUT2D eigenvalue weighted by molar-refractivity contribution is 0.206. The Labute approximate surface area is 149 Å². The van der Waals surface area contributed by atoms with E-state index in [9.17, 15) is 4.79 Å². The first-order valence-electron chi connectivity index (χ1n) is 7.72. The summed E-state index contributed by atoms with van der Waals surface area (Å²) >= 11 is 12.1. The molecule has 1 aromatic heterocycles. The van der Waals surface area contributed by atoms with Gasteiger partial charge in [0.05, 0.1) is 15.7 Å². The number of fused-ring (bicyclic) bond motifs is 3. The maximum Gasteiger partial charge on any atom is 0.322 e. The molecule has 6 heteroatoms. The lowest BCUT2D eigenvalue weighted by atomic mass is 10.0. The number of urea groups is 1. The minimum absolute atomic E-state index is 0.171. The van der Waals surface area contributed by atoms with Crippen molar-refractivity contribution in [3.63, 3.8) is 0 Å². The largest absolute Gasteiger partial charge is 0.358 e. The van der Waals surface area contributed by atoms with E-state index in [2.05, 4.69) is 22.4 Å². The highest BCUT2D eigenvalue weighted by atomic mass is 35.5. The van der Waals surface area contributed by atoms with E-state index in [0.29, 0.717) is 28.8 Å². The molecule has 3 aromatic rings. The lowest BCUT2D eigenvalue weighted by Crippen LogP contribution is -2.38. The third-order valence-electron chi connectivity index (χ3n) is 4.36. The Hall–Kier alpha value is -2.17. The standard InChI is InChI=1S/C18H15Cl2N3O/c19-13-5-3-7-16(17(13)20)22-18(24)23-9-8-15-12(10-23)11-4-1-2-6-14(11)21-15/h1-7,21H,8-10H2,(H,22,24). The molecule has 2 amide bonds. The maximum atomic E-state index is 12.6. The minimum Gasteiger partial charge on any atom is -0.358 e. The molecule has 0 saturated carbocycles. The normalized spacial score (nSPS) is 13.8. The molecule has 1 aliphatic rings. The van der Waals surface area contributed by atoms with Gasteiger partial charge in [0.15, 0.2) is 0 Å². The van der Waals surface area contributed by atoms with Crippen molar-refractivity contribution in [2.45, 2.75) is 13.0 Å². The van der Waals surface area contributed by atoms with Crippen LogP contribution in [0.15, 0.2) is 42.5 Å². The third-order valence-corrected chi connectivity index (χ3v) is 5.18. The number of nitrogens with one attached hydrogen (secondary N) is 2. The van der Waals surface area contributed by atoms with Crippen LogP contribution in [0.4, 0.5) is 10.5 Å². The first-order chi connectivity index (χ1) is 11.6. The number of nitrogens with zero attached hydrogens (tertiary/aromatic N) is 1. The number of amides is 2. The highest BCUT2D eigenvalue weighted by Crippen LogP contribution is 2.31. The Bertz CT molecular complexity index is 935. The fourth-order valence-electron chi connectivity index (χ4n) is 3.13. The molecule has 0 unspecified atom stereocenters. The second kappa shape index (κ2) is 6.04. The molecule has 0 atom stereocenters. The van der Waals surface area contributed by atoms with Crippen molar-refractivity contribution >= 4 is 45.8 Å². The number of para-hydroxylation sites is 1. The molecule has 2 N–H and O–H groups in total. The Kier molecular flexibility index (Phi) is 3.87. The minimum atomic E-state index is -0.171. The van der Waals surface area contributed by atoms with Crippen molar-refractivity contribution in [3.8, 4) is 0 Å². The third kappa shape index (κ3) is 2.62. The predicted octanol–water partition coefficient (Wildman–Crippen LogP) is 5.06. The van der Waals surface area contributed by atoms with Crippen LogP contribution in [-0.4, -0.2) is 22.5 Å². The van der Waals surface area contributed by atoms with Gasteiger partial charge < -0.3 is 15.2 Å². The Morgan fingerprint density at radius 3 is 2.83 bits per heavy atom. The van der Waals surface area contributed by atoms with Gasteiger partial charge in [-0.15, -0.1) is 0 Å². The molecule has 1 aliphatic heterocycles. The van der Waals surface area contributed by atoms with Crippen LogP contribution < -0.4 is 5.32 Å². The van der Waals surface area contributed by atoms with Crippen molar-refractivity contribution in [1.82, 2.24) is 9.88 Å². The molecular weight excluding hydrogens is 345 g/mol. The van der Waals surface area contributed by atoms with E-state index >= 15 is 0 Å². The highest BCUT2D eigenvalue weighted by molar-refractivity contribution is 6.43. The Morgan fingerprint density at radius 1 is 1.12 bits per heavy atom. The zero-order valence-corrected chi connectivity index (χ0v) is 14.3. The summed E-state index contributed by atoms with van der Waals surface area (Å²) in [5.41, 5.74) is 4.03. The quantitative estimate of drug-likeness (QED) is 0.626. The fraction of sp³-hybridized carbons (Fsp3) is 0.167. The van der Waals surface area contributed by atoms with Crippen LogP contribution in [0.5, 0.6) is 0 Å². The van der Waals surface area contributed by atoms with E-state index in [4.69, 9.17) is 23.2 Å². The van der Waals surface area contributed by atoms with Gasteiger partial charge in [0.1, 0.15) is 0 Å². The zero-order valence-electron chi connectivity index (χ0n) is 12.8. The Morgan fingerprint density at radius 2 is 1.96 bits per heavy atom. The van der Waals surface area contributed by atoms with Crippen LogP contribution >= 0.6 is 23.2 Å². The van der Waals surface area contributed by atoms with Crippen LogP contribution in [0.2, 0.25) is 10.0 Å². The average Bonchev–Trinajstić information content (AvgIpc) is 2.96. The molecule has 4 nitrogen and oxygen atoms in total. The Balaban J connectivity index is 1.58. The number of aromatic nitrogens is 1. The fourth-order valence-corrected chi connectivity index (χ4v) is 3.48. The van der Waals surface area contributed by atoms with Gasteiger partial charge in [-0.2, -0.15) is 0 Å². The van der Waals surface area contributed by atoms with Crippen LogP contribution in [-0.2, 0) is 13.0 Å². The summed E-state index contributed by atoms with van der Waals surface area (Å²) in [7, 11) is 0. The van der Waals surface area contributed by atoms with E-state index in [0.717, 1.165) is 11.9 Å². The molecule has 2 aromatic carbocycles. The summed E-state index contributed by atoms with van der Waals surface area (Å²) in [6.07, 6.45) is 0.806.